The predicted molar refractivity (Wildman–Crippen MR) is 104 cm³/mol. The lowest BCUT2D eigenvalue weighted by molar-refractivity contribution is 0.0997. The number of rotatable bonds is 4. The summed E-state index contributed by atoms with van der Waals surface area (Å²) in [6.07, 6.45) is 0. The van der Waals surface area contributed by atoms with Gasteiger partial charge in [-0.05, 0) is 37.3 Å². The van der Waals surface area contributed by atoms with Crippen LogP contribution in [0.1, 0.15) is 26.5 Å². The van der Waals surface area contributed by atoms with Gasteiger partial charge in [-0.2, -0.15) is 0 Å². The van der Waals surface area contributed by atoms with Crippen molar-refractivity contribution in [1.82, 2.24) is 20.0 Å². The first kappa shape index (κ1) is 17.3. The van der Waals surface area contributed by atoms with Gasteiger partial charge in [0.15, 0.2) is 5.69 Å². The van der Waals surface area contributed by atoms with Crippen LogP contribution in [-0.2, 0) is 0 Å². The molecule has 0 aliphatic carbocycles. The number of nitrogens with one attached hydrogen (secondary N) is 1. The van der Waals surface area contributed by atoms with Crippen molar-refractivity contribution in [2.45, 2.75) is 6.92 Å². The smallest absolute Gasteiger partial charge is 0.279 e. The number of fused-ring (bicyclic) bond motifs is 1. The minimum Gasteiger partial charge on any atom is -0.366 e. The number of nitrogens with zero attached hydrogens (tertiary/aromatic N) is 4. The van der Waals surface area contributed by atoms with E-state index in [1.165, 1.54) is 4.68 Å². The molecule has 3 N–H and O–H groups in total. The van der Waals surface area contributed by atoms with Crippen LogP contribution in [0.5, 0.6) is 0 Å². The Morgan fingerprint density at radius 3 is 2.57 bits per heavy atom. The molecule has 0 saturated heterocycles. The second-order valence-corrected chi connectivity index (χ2v) is 6.16. The van der Waals surface area contributed by atoms with Crippen molar-refractivity contribution in [2.24, 2.45) is 5.73 Å². The number of carbonyl (C=O) groups is 2. The molecular formula is C20H16N6O2. The van der Waals surface area contributed by atoms with Crippen LogP contribution >= 0.6 is 0 Å². The Morgan fingerprint density at radius 1 is 1.00 bits per heavy atom. The Hall–Kier alpha value is -4.07. The Bertz CT molecular complexity index is 1210. The van der Waals surface area contributed by atoms with Crippen molar-refractivity contribution in [2.75, 3.05) is 5.32 Å². The summed E-state index contributed by atoms with van der Waals surface area (Å²) in [7, 11) is 0. The number of hydrogen-bond acceptors (Lipinski definition) is 5. The van der Waals surface area contributed by atoms with E-state index in [-0.39, 0.29) is 5.69 Å². The minimum atomic E-state index is -0.586. The zero-order valence-electron chi connectivity index (χ0n) is 15.0. The van der Waals surface area contributed by atoms with E-state index in [1.807, 2.05) is 30.3 Å². The molecule has 0 saturated carbocycles. The maximum Gasteiger partial charge on any atom is 0.279 e. The molecule has 2 aromatic heterocycles. The molecule has 28 heavy (non-hydrogen) atoms. The van der Waals surface area contributed by atoms with E-state index in [1.54, 1.807) is 37.3 Å². The Morgan fingerprint density at radius 2 is 1.75 bits per heavy atom. The van der Waals surface area contributed by atoms with E-state index in [0.717, 1.165) is 10.9 Å². The van der Waals surface area contributed by atoms with Gasteiger partial charge in [0.25, 0.3) is 11.8 Å². The summed E-state index contributed by atoms with van der Waals surface area (Å²) in [5.74, 6) is -0.616. The highest BCUT2D eigenvalue weighted by Gasteiger charge is 2.20. The lowest BCUT2D eigenvalue weighted by Crippen LogP contribution is -2.17. The van der Waals surface area contributed by atoms with Gasteiger partial charge in [0.2, 0.25) is 0 Å². The van der Waals surface area contributed by atoms with Gasteiger partial charge in [0, 0.05) is 5.39 Å². The molecule has 0 aliphatic heterocycles. The van der Waals surface area contributed by atoms with Gasteiger partial charge in [-0.25, -0.2) is 9.67 Å². The maximum absolute atomic E-state index is 12.7. The number of carbonyl (C=O) groups excluding carboxylic acids is 2. The van der Waals surface area contributed by atoms with Crippen molar-refractivity contribution in [3.05, 3.63) is 77.6 Å². The fraction of sp³-hybridized carbons (Fsp3) is 0.0500. The molecular weight excluding hydrogens is 356 g/mol. The first-order chi connectivity index (χ1) is 13.5. The van der Waals surface area contributed by atoms with Gasteiger partial charge in [-0.15, -0.1) is 5.10 Å². The molecule has 0 atom stereocenters. The highest BCUT2D eigenvalue weighted by Crippen LogP contribution is 2.18. The number of primary amides is 1. The third-order valence-corrected chi connectivity index (χ3v) is 4.35. The van der Waals surface area contributed by atoms with E-state index >= 15 is 0 Å². The number of pyridine rings is 1. The van der Waals surface area contributed by atoms with Crippen LogP contribution in [0.3, 0.4) is 0 Å². The van der Waals surface area contributed by atoms with Crippen LogP contribution in [0.25, 0.3) is 16.6 Å². The van der Waals surface area contributed by atoms with Crippen molar-refractivity contribution in [3.63, 3.8) is 0 Å². The summed E-state index contributed by atoms with van der Waals surface area (Å²) in [6, 6.07) is 18.0. The summed E-state index contributed by atoms with van der Waals surface area (Å²) < 4.78 is 1.42. The van der Waals surface area contributed by atoms with Crippen molar-refractivity contribution < 1.29 is 9.59 Å². The standard InChI is InChI=1S/C20H16N6O2/c1-12-18(24-25-26(12)16-9-5-3-7-14(16)19(21)27)20(28)23-17-11-10-13-6-2-4-8-15(13)22-17/h2-11H,1H3,(H2,21,27)(H,22,23,28). The molecule has 0 unspecified atom stereocenters. The number of amides is 2. The van der Waals surface area contributed by atoms with E-state index < -0.39 is 11.8 Å². The molecule has 2 aromatic carbocycles. The van der Waals surface area contributed by atoms with E-state index in [9.17, 15) is 9.59 Å². The van der Waals surface area contributed by atoms with Gasteiger partial charge in [0.05, 0.1) is 22.5 Å². The maximum atomic E-state index is 12.7. The fourth-order valence-corrected chi connectivity index (χ4v) is 2.95. The van der Waals surface area contributed by atoms with Crippen LogP contribution in [0.2, 0.25) is 0 Å². The van der Waals surface area contributed by atoms with Crippen LogP contribution in [-0.4, -0.2) is 31.8 Å². The summed E-state index contributed by atoms with van der Waals surface area (Å²) in [6.45, 7) is 1.69. The third-order valence-electron chi connectivity index (χ3n) is 4.35. The normalized spacial score (nSPS) is 10.8. The molecule has 0 spiro atoms. The molecule has 4 rings (SSSR count). The number of aromatic nitrogens is 4. The Labute approximate surface area is 160 Å². The fourth-order valence-electron chi connectivity index (χ4n) is 2.95. The van der Waals surface area contributed by atoms with Gasteiger partial charge in [0.1, 0.15) is 5.82 Å². The SMILES string of the molecule is Cc1c(C(=O)Nc2ccc3ccccc3n2)nnn1-c1ccccc1C(N)=O. The molecule has 4 aromatic rings. The van der Waals surface area contributed by atoms with Crippen LogP contribution in [0, 0.1) is 6.92 Å². The first-order valence-electron chi connectivity index (χ1n) is 8.53. The molecule has 0 fully saturated rings. The number of para-hydroxylation sites is 2. The second-order valence-electron chi connectivity index (χ2n) is 6.16. The molecule has 0 radical (unpaired) electrons. The number of hydrogen-bond donors (Lipinski definition) is 2. The summed E-state index contributed by atoms with van der Waals surface area (Å²) in [4.78, 5) is 28.8. The quantitative estimate of drug-likeness (QED) is 0.571. The lowest BCUT2D eigenvalue weighted by atomic mass is 10.1. The van der Waals surface area contributed by atoms with Crippen molar-refractivity contribution in [3.8, 4) is 5.69 Å². The lowest BCUT2D eigenvalue weighted by Gasteiger charge is -2.08. The van der Waals surface area contributed by atoms with Crippen LogP contribution in [0.15, 0.2) is 60.7 Å². The topological polar surface area (TPSA) is 116 Å². The first-order valence-corrected chi connectivity index (χ1v) is 8.53. The van der Waals surface area contributed by atoms with Crippen molar-refractivity contribution in [1.29, 1.82) is 0 Å². The number of anilines is 1. The van der Waals surface area contributed by atoms with Crippen LogP contribution < -0.4 is 11.1 Å². The number of benzene rings is 2. The largest absolute Gasteiger partial charge is 0.366 e. The van der Waals surface area contributed by atoms with E-state index in [4.69, 9.17) is 5.73 Å². The summed E-state index contributed by atoms with van der Waals surface area (Å²) in [5.41, 5.74) is 7.57. The molecule has 0 aliphatic rings. The molecule has 0 bridgehead atoms. The summed E-state index contributed by atoms with van der Waals surface area (Å²) >= 11 is 0. The second kappa shape index (κ2) is 6.92. The highest BCUT2D eigenvalue weighted by atomic mass is 16.2. The zero-order chi connectivity index (χ0) is 19.7. The molecule has 8 nitrogen and oxygen atoms in total. The minimum absolute atomic E-state index is 0.134. The van der Waals surface area contributed by atoms with Crippen LogP contribution in [0.4, 0.5) is 5.82 Å². The Balaban J connectivity index is 1.65. The van der Waals surface area contributed by atoms with Gasteiger partial charge in [-0.3, -0.25) is 9.59 Å². The van der Waals surface area contributed by atoms with Gasteiger partial charge in [-0.1, -0.05) is 35.5 Å². The van der Waals surface area contributed by atoms with Gasteiger partial charge < -0.3 is 11.1 Å². The summed E-state index contributed by atoms with van der Waals surface area (Å²) in [5, 5.41) is 11.7. The molecule has 138 valence electrons. The monoisotopic (exact) mass is 372 g/mol. The van der Waals surface area contributed by atoms with E-state index in [2.05, 4.69) is 20.6 Å². The predicted octanol–water partition coefficient (Wildman–Crippen LogP) is 2.48. The average Bonchev–Trinajstić information content (AvgIpc) is 3.09. The highest BCUT2D eigenvalue weighted by molar-refractivity contribution is 6.03. The number of nitrogens with two attached hydrogens (primary N) is 1. The molecule has 2 heterocycles. The molecule has 2 amide bonds. The zero-order valence-corrected chi connectivity index (χ0v) is 15.0. The Kier molecular flexibility index (Phi) is 4.29. The van der Waals surface area contributed by atoms with Gasteiger partial charge >= 0.3 is 0 Å². The van der Waals surface area contributed by atoms with E-state index in [0.29, 0.717) is 22.8 Å². The average molecular weight is 372 g/mol. The molecule has 8 heteroatoms. The van der Waals surface area contributed by atoms with Crippen molar-refractivity contribution >= 4 is 28.5 Å². The third kappa shape index (κ3) is 3.07.